The fourth-order valence-electron chi connectivity index (χ4n) is 2.94. The molecule has 0 spiro atoms. The molecule has 1 unspecified atom stereocenters. The van der Waals surface area contributed by atoms with Crippen LogP contribution in [0.4, 0.5) is 17.1 Å². The van der Waals surface area contributed by atoms with Gasteiger partial charge in [-0.25, -0.2) is 9.20 Å². The third-order valence-corrected chi connectivity index (χ3v) is 7.71. The number of benzene rings is 2. The van der Waals surface area contributed by atoms with Crippen LogP contribution < -0.4 is 4.90 Å². The van der Waals surface area contributed by atoms with Crippen LogP contribution >= 0.6 is 11.6 Å². The Morgan fingerprint density at radius 3 is 2.30 bits per heavy atom. The smallest absolute Gasteiger partial charge is 0.0910 e. The van der Waals surface area contributed by atoms with Crippen molar-refractivity contribution in [3.63, 3.8) is 0 Å². The lowest BCUT2D eigenvalue weighted by Gasteiger charge is -2.17. The molecule has 2 aromatic carbocycles. The predicted octanol–water partition coefficient (Wildman–Crippen LogP) is 6.14. The third-order valence-electron chi connectivity index (χ3n) is 4.66. The monoisotopic (exact) mass is 448 g/mol. The van der Waals surface area contributed by atoms with E-state index in [9.17, 15) is 4.21 Å². The molecular formula is C23H33ClN4OS. The van der Waals surface area contributed by atoms with Crippen molar-refractivity contribution >= 4 is 44.7 Å². The van der Waals surface area contributed by atoms with Crippen LogP contribution in [0.5, 0.6) is 0 Å². The Bertz CT molecular complexity index is 1010. The van der Waals surface area contributed by atoms with Crippen LogP contribution in [0.3, 0.4) is 0 Å². The Morgan fingerprint density at radius 2 is 1.77 bits per heavy atom. The topological polar surface area (TPSA) is 48.3 Å². The number of aryl methyl sites for hydroxylation is 1. The van der Waals surface area contributed by atoms with E-state index >= 15 is 0 Å². The summed E-state index contributed by atoms with van der Waals surface area (Å²) in [5, 5.41) is 0.478. The second-order valence-electron chi connectivity index (χ2n) is 8.09. The highest BCUT2D eigenvalue weighted by Crippen LogP contribution is 2.34. The number of anilines is 1. The van der Waals surface area contributed by atoms with Crippen LogP contribution in [0.2, 0.25) is 5.02 Å². The maximum Gasteiger partial charge on any atom is 0.0910 e. The third kappa shape index (κ3) is 6.22. The lowest BCUT2D eigenvalue weighted by atomic mass is 10.2. The summed E-state index contributed by atoms with van der Waals surface area (Å²) in [6.45, 7) is 8.96. The molecule has 0 aliphatic rings. The highest BCUT2D eigenvalue weighted by Gasteiger charge is 2.20. The summed E-state index contributed by atoms with van der Waals surface area (Å²) in [4.78, 5) is 9.14. The minimum atomic E-state index is -2.69. The van der Waals surface area contributed by atoms with Crippen molar-refractivity contribution in [1.29, 1.82) is 0 Å². The molecule has 0 aromatic heterocycles. The molecule has 7 heteroatoms. The summed E-state index contributed by atoms with van der Waals surface area (Å²) in [5.41, 5.74) is 3.32. The van der Waals surface area contributed by atoms with Gasteiger partial charge in [-0.05, 0) is 61.7 Å². The van der Waals surface area contributed by atoms with Gasteiger partial charge in [0.25, 0.3) is 0 Å². The maximum atomic E-state index is 14.1. The fraction of sp³-hybridized carbons (Fsp3) is 0.435. The Labute approximate surface area is 186 Å². The van der Waals surface area contributed by atoms with E-state index in [0.29, 0.717) is 27.0 Å². The highest BCUT2D eigenvalue weighted by atomic mass is 35.5. The van der Waals surface area contributed by atoms with E-state index in [1.54, 1.807) is 12.4 Å². The summed E-state index contributed by atoms with van der Waals surface area (Å²) >= 11 is 6.52. The van der Waals surface area contributed by atoms with E-state index in [2.05, 4.69) is 25.8 Å². The van der Waals surface area contributed by atoms with Crippen molar-refractivity contribution < 1.29 is 4.21 Å². The molecule has 0 fully saturated rings. The van der Waals surface area contributed by atoms with Crippen LogP contribution in [0.15, 0.2) is 50.6 Å². The molecule has 0 aliphatic heterocycles. The van der Waals surface area contributed by atoms with Gasteiger partial charge in [0.1, 0.15) is 0 Å². The van der Waals surface area contributed by atoms with Crippen LogP contribution in [-0.2, 0) is 9.73 Å². The number of hydrogen-bond acceptors (Lipinski definition) is 4. The van der Waals surface area contributed by atoms with E-state index in [1.807, 2.05) is 68.2 Å². The van der Waals surface area contributed by atoms with Gasteiger partial charge in [0, 0.05) is 39.1 Å². The number of aliphatic imine (C=N–C) groups is 1. The molecular weight excluding hydrogens is 416 g/mol. The Morgan fingerprint density at radius 1 is 1.13 bits per heavy atom. The first-order valence-corrected chi connectivity index (χ1v) is 12.2. The lowest BCUT2D eigenvalue weighted by molar-refractivity contribution is 0.552. The number of rotatable bonds is 8. The molecule has 0 amide bonds. The van der Waals surface area contributed by atoms with Gasteiger partial charge in [0.15, 0.2) is 0 Å². The summed E-state index contributed by atoms with van der Waals surface area (Å²) in [7, 11) is 3.23. The zero-order valence-electron chi connectivity index (χ0n) is 19.0. The number of hydrogen-bond donors (Lipinski definition) is 0. The Balaban J connectivity index is 2.56. The number of halogens is 1. The lowest BCUT2D eigenvalue weighted by Crippen LogP contribution is -2.14. The van der Waals surface area contributed by atoms with Crippen molar-refractivity contribution in [2.24, 2.45) is 15.3 Å². The van der Waals surface area contributed by atoms with Gasteiger partial charge in [-0.1, -0.05) is 25.4 Å². The van der Waals surface area contributed by atoms with Crippen LogP contribution in [0.25, 0.3) is 0 Å². The Kier molecular flexibility index (Phi) is 8.33. The van der Waals surface area contributed by atoms with E-state index in [4.69, 9.17) is 16.0 Å². The number of nitrogens with zero attached hydrogens (tertiary/aromatic N) is 4. The van der Waals surface area contributed by atoms with E-state index in [-0.39, 0.29) is 5.92 Å². The zero-order valence-corrected chi connectivity index (χ0v) is 20.6. The first kappa shape index (κ1) is 24.2. The SMILES string of the molecule is CCN(C)C=Nc1cc(C)c(S(=O)(CC(C)C)=Nc2ccc(N(C)C)cc2)cc1Cl. The van der Waals surface area contributed by atoms with Crippen molar-refractivity contribution in [3.8, 4) is 0 Å². The van der Waals surface area contributed by atoms with Crippen molar-refractivity contribution in [2.75, 3.05) is 38.3 Å². The second kappa shape index (κ2) is 10.3. The standard InChI is InChI=1S/C23H33ClN4OS/c1-8-28(7)16-25-22-13-18(4)23(14-21(22)24)30(29,15-17(2)3)26-19-9-11-20(12-10-19)27(5)6/h9-14,16-17H,8,15H2,1-7H3. The normalized spacial score (nSPS) is 13.5. The van der Waals surface area contributed by atoms with Gasteiger partial charge in [0.05, 0.1) is 37.4 Å². The second-order valence-corrected chi connectivity index (χ2v) is 10.7. The molecule has 0 saturated heterocycles. The summed E-state index contributed by atoms with van der Waals surface area (Å²) in [6, 6.07) is 11.4. The first-order chi connectivity index (χ1) is 14.1. The largest absolute Gasteiger partial charge is 0.378 e. The molecule has 2 rings (SSSR count). The minimum Gasteiger partial charge on any atom is -0.378 e. The molecule has 30 heavy (non-hydrogen) atoms. The van der Waals surface area contributed by atoms with Crippen LogP contribution in [-0.4, -0.2) is 48.9 Å². The predicted molar refractivity (Wildman–Crippen MR) is 132 cm³/mol. The quantitative estimate of drug-likeness (QED) is 0.360. The maximum absolute atomic E-state index is 14.1. The fourth-order valence-corrected chi connectivity index (χ4v) is 5.80. The molecule has 0 N–H and O–H groups in total. The molecule has 0 heterocycles. The molecule has 0 bridgehead atoms. The van der Waals surface area contributed by atoms with E-state index < -0.39 is 9.73 Å². The van der Waals surface area contributed by atoms with Gasteiger partial charge in [-0.3, -0.25) is 0 Å². The van der Waals surface area contributed by atoms with Gasteiger partial charge in [-0.2, -0.15) is 4.36 Å². The molecule has 0 saturated carbocycles. The molecule has 0 radical (unpaired) electrons. The van der Waals surface area contributed by atoms with Gasteiger partial charge >= 0.3 is 0 Å². The molecule has 2 aromatic rings. The van der Waals surface area contributed by atoms with E-state index in [1.165, 1.54) is 0 Å². The van der Waals surface area contributed by atoms with Crippen molar-refractivity contribution in [2.45, 2.75) is 32.6 Å². The van der Waals surface area contributed by atoms with Gasteiger partial charge in [-0.15, -0.1) is 0 Å². The molecule has 1 atom stereocenters. The highest BCUT2D eigenvalue weighted by molar-refractivity contribution is 7.93. The Hall–Kier alpha value is -2.05. The molecule has 0 aliphatic carbocycles. The van der Waals surface area contributed by atoms with E-state index in [0.717, 1.165) is 17.8 Å². The van der Waals surface area contributed by atoms with Gasteiger partial charge in [0.2, 0.25) is 0 Å². The summed E-state index contributed by atoms with van der Waals surface area (Å²) < 4.78 is 18.8. The average Bonchev–Trinajstić information content (AvgIpc) is 2.67. The average molecular weight is 449 g/mol. The molecule has 164 valence electrons. The van der Waals surface area contributed by atoms with Crippen molar-refractivity contribution in [1.82, 2.24) is 4.90 Å². The minimum absolute atomic E-state index is 0.219. The van der Waals surface area contributed by atoms with Crippen LogP contribution in [0, 0.1) is 12.8 Å². The van der Waals surface area contributed by atoms with Crippen molar-refractivity contribution in [3.05, 3.63) is 47.0 Å². The first-order valence-electron chi connectivity index (χ1n) is 10.1. The van der Waals surface area contributed by atoms with Crippen LogP contribution in [0.1, 0.15) is 26.3 Å². The summed E-state index contributed by atoms with van der Waals surface area (Å²) in [6.07, 6.45) is 1.75. The zero-order chi connectivity index (χ0) is 22.5. The molecule has 5 nitrogen and oxygen atoms in total. The van der Waals surface area contributed by atoms with Gasteiger partial charge < -0.3 is 9.80 Å². The summed E-state index contributed by atoms with van der Waals surface area (Å²) in [5.74, 6) is 0.678.